The number of furan rings is 1. The number of guanidine groups is 1. The number of benzene rings is 1. The van der Waals surface area contributed by atoms with Gasteiger partial charge in [0, 0.05) is 18.1 Å². The smallest absolute Gasteiger partial charge is 0.192 e. The number of hydrogen-bond donors (Lipinski definition) is 2. The molecule has 3 rings (SSSR count). The van der Waals surface area contributed by atoms with Gasteiger partial charge in [-0.05, 0) is 44.5 Å². The number of nitrogens with one attached hydrogen (secondary N) is 2. The molecule has 2 N–H and O–H groups in total. The molecule has 2 heterocycles. The Kier molecular flexibility index (Phi) is 7.44. The molecule has 26 heavy (non-hydrogen) atoms. The van der Waals surface area contributed by atoms with Gasteiger partial charge in [0.05, 0.1) is 18.3 Å². The largest absolute Gasteiger partial charge is 0.459 e. The monoisotopic (exact) mass is 464 g/mol. The van der Waals surface area contributed by atoms with Crippen molar-refractivity contribution in [2.75, 3.05) is 6.54 Å². The number of pyridine rings is 1. The normalized spacial score (nSPS) is 12.5. The van der Waals surface area contributed by atoms with Crippen molar-refractivity contribution in [2.45, 2.75) is 33.4 Å². The van der Waals surface area contributed by atoms with Crippen LogP contribution >= 0.6 is 24.0 Å². The van der Waals surface area contributed by atoms with Gasteiger partial charge in [0.15, 0.2) is 5.96 Å². The maximum Gasteiger partial charge on any atom is 0.192 e. The van der Waals surface area contributed by atoms with Gasteiger partial charge in [-0.25, -0.2) is 4.99 Å². The average molecular weight is 464 g/mol. The molecule has 0 amide bonds. The molecule has 0 fully saturated rings. The summed E-state index contributed by atoms with van der Waals surface area (Å²) in [5.74, 6) is 1.64. The molecule has 3 aromatic rings. The Bertz CT molecular complexity index is 842. The second-order valence-electron chi connectivity index (χ2n) is 6.01. The number of fused-ring (bicyclic) bond motifs is 1. The Labute approximate surface area is 171 Å². The maximum atomic E-state index is 5.93. The molecule has 0 aliphatic heterocycles. The van der Waals surface area contributed by atoms with E-state index in [1.165, 1.54) is 0 Å². The second kappa shape index (κ2) is 9.56. The minimum atomic E-state index is 0. The molecule has 1 unspecified atom stereocenters. The van der Waals surface area contributed by atoms with E-state index in [2.05, 4.69) is 59.6 Å². The lowest BCUT2D eigenvalue weighted by molar-refractivity contribution is 0.488. The molecule has 0 aliphatic rings. The van der Waals surface area contributed by atoms with E-state index in [-0.39, 0.29) is 30.0 Å². The van der Waals surface area contributed by atoms with E-state index in [4.69, 9.17) is 4.42 Å². The molecule has 1 atom stereocenters. The van der Waals surface area contributed by atoms with Crippen molar-refractivity contribution in [1.29, 1.82) is 0 Å². The summed E-state index contributed by atoms with van der Waals surface area (Å²) in [7, 11) is 0. The van der Waals surface area contributed by atoms with E-state index in [1.807, 2.05) is 24.3 Å². The highest BCUT2D eigenvalue weighted by Gasteiger charge is 2.13. The van der Waals surface area contributed by atoms with Crippen molar-refractivity contribution in [1.82, 2.24) is 15.6 Å². The van der Waals surface area contributed by atoms with Crippen molar-refractivity contribution in [3.8, 4) is 0 Å². The van der Waals surface area contributed by atoms with E-state index >= 15 is 0 Å². The summed E-state index contributed by atoms with van der Waals surface area (Å²) in [5, 5.41) is 7.79. The zero-order chi connectivity index (χ0) is 17.6. The third kappa shape index (κ3) is 4.97. The van der Waals surface area contributed by atoms with Crippen molar-refractivity contribution in [3.63, 3.8) is 0 Å². The van der Waals surface area contributed by atoms with Crippen molar-refractivity contribution < 1.29 is 4.42 Å². The number of para-hydroxylation sites is 1. The van der Waals surface area contributed by atoms with Crippen molar-refractivity contribution >= 4 is 40.9 Å². The molecule has 1 aromatic carbocycles. The molecule has 6 heteroatoms. The van der Waals surface area contributed by atoms with E-state index in [0.29, 0.717) is 6.54 Å². The minimum absolute atomic E-state index is 0. The zero-order valence-corrected chi connectivity index (χ0v) is 17.7. The number of nitrogens with zero attached hydrogens (tertiary/aromatic N) is 2. The molecular weight excluding hydrogens is 439 g/mol. The van der Waals surface area contributed by atoms with Crippen LogP contribution in [0.25, 0.3) is 11.0 Å². The Hall–Kier alpha value is -2.09. The van der Waals surface area contributed by atoms with Crippen molar-refractivity contribution in [2.24, 2.45) is 4.99 Å². The third-order valence-corrected chi connectivity index (χ3v) is 4.07. The van der Waals surface area contributed by atoms with Crippen LogP contribution in [0.2, 0.25) is 0 Å². The molecule has 0 radical (unpaired) electrons. The van der Waals surface area contributed by atoms with Crippen molar-refractivity contribution in [3.05, 3.63) is 65.7 Å². The highest BCUT2D eigenvalue weighted by molar-refractivity contribution is 14.0. The average Bonchev–Trinajstić information content (AvgIpc) is 3.05. The van der Waals surface area contributed by atoms with Crippen LogP contribution in [0.3, 0.4) is 0 Å². The van der Waals surface area contributed by atoms with E-state index in [1.54, 1.807) is 6.20 Å². The van der Waals surface area contributed by atoms with E-state index < -0.39 is 0 Å². The standard InChI is InChI=1S/C20H24N4O.HI/c1-4-21-20(23-13-17-14(2)8-7-11-22-17)24-15(3)19-12-16-9-5-6-10-18(16)25-19;/h5-12,15H,4,13H2,1-3H3,(H2,21,23,24);1H. The Morgan fingerprint density at radius 3 is 2.77 bits per heavy atom. The predicted molar refractivity (Wildman–Crippen MR) is 117 cm³/mol. The molecule has 0 saturated carbocycles. The minimum Gasteiger partial charge on any atom is -0.459 e. The van der Waals surface area contributed by atoms with Gasteiger partial charge in [-0.3, -0.25) is 4.98 Å². The van der Waals surface area contributed by atoms with Gasteiger partial charge >= 0.3 is 0 Å². The molecular formula is C20H25IN4O. The lowest BCUT2D eigenvalue weighted by Crippen LogP contribution is -2.38. The fourth-order valence-electron chi connectivity index (χ4n) is 2.65. The van der Waals surface area contributed by atoms with Crippen LogP contribution in [0.15, 0.2) is 58.1 Å². The van der Waals surface area contributed by atoms with Gasteiger partial charge < -0.3 is 15.1 Å². The molecule has 0 saturated heterocycles. The number of rotatable bonds is 5. The van der Waals surface area contributed by atoms with Gasteiger partial charge in [0.2, 0.25) is 0 Å². The number of aromatic nitrogens is 1. The van der Waals surface area contributed by atoms with Crippen LogP contribution in [-0.4, -0.2) is 17.5 Å². The van der Waals surface area contributed by atoms with Gasteiger partial charge in [-0.15, -0.1) is 24.0 Å². The summed E-state index contributed by atoms with van der Waals surface area (Å²) in [5.41, 5.74) is 3.03. The molecule has 138 valence electrons. The number of hydrogen-bond acceptors (Lipinski definition) is 3. The van der Waals surface area contributed by atoms with Crippen LogP contribution in [0.1, 0.15) is 36.9 Å². The van der Waals surface area contributed by atoms with Gasteiger partial charge in [-0.1, -0.05) is 24.3 Å². The highest BCUT2D eigenvalue weighted by atomic mass is 127. The maximum absolute atomic E-state index is 5.93. The Morgan fingerprint density at radius 2 is 2.04 bits per heavy atom. The molecule has 0 aliphatic carbocycles. The van der Waals surface area contributed by atoms with E-state index in [9.17, 15) is 0 Å². The SMILES string of the molecule is CCNC(=NCc1ncccc1C)NC(C)c1cc2ccccc2o1.I. The summed E-state index contributed by atoms with van der Waals surface area (Å²) >= 11 is 0. The number of halogens is 1. The third-order valence-electron chi connectivity index (χ3n) is 4.07. The van der Waals surface area contributed by atoms with E-state index in [0.717, 1.165) is 40.5 Å². The summed E-state index contributed by atoms with van der Waals surface area (Å²) in [6.07, 6.45) is 1.80. The van der Waals surface area contributed by atoms with Crippen LogP contribution in [-0.2, 0) is 6.54 Å². The molecule has 0 bridgehead atoms. The summed E-state index contributed by atoms with van der Waals surface area (Å²) in [6, 6.07) is 14.1. The first-order chi connectivity index (χ1) is 12.2. The summed E-state index contributed by atoms with van der Waals surface area (Å²) in [4.78, 5) is 9.05. The van der Waals surface area contributed by atoms with Crippen LogP contribution in [0, 0.1) is 6.92 Å². The number of aryl methyl sites for hydroxylation is 1. The Morgan fingerprint density at radius 1 is 1.23 bits per heavy atom. The fourth-order valence-corrected chi connectivity index (χ4v) is 2.65. The topological polar surface area (TPSA) is 62.5 Å². The first-order valence-electron chi connectivity index (χ1n) is 8.61. The van der Waals surface area contributed by atoms with Gasteiger partial charge in [0.1, 0.15) is 11.3 Å². The van der Waals surface area contributed by atoms with Crippen LogP contribution in [0.4, 0.5) is 0 Å². The predicted octanol–water partition coefficient (Wildman–Crippen LogP) is 4.57. The lowest BCUT2D eigenvalue weighted by Gasteiger charge is -2.16. The summed E-state index contributed by atoms with van der Waals surface area (Å²) < 4.78 is 5.93. The molecule has 2 aromatic heterocycles. The van der Waals surface area contributed by atoms with Gasteiger partial charge in [-0.2, -0.15) is 0 Å². The quantitative estimate of drug-likeness (QED) is 0.330. The fraction of sp³-hybridized carbons (Fsp3) is 0.300. The summed E-state index contributed by atoms with van der Waals surface area (Å²) in [6.45, 7) is 7.50. The van der Waals surface area contributed by atoms with Crippen LogP contribution in [0.5, 0.6) is 0 Å². The molecule has 0 spiro atoms. The van der Waals surface area contributed by atoms with Gasteiger partial charge in [0.25, 0.3) is 0 Å². The first kappa shape index (κ1) is 20.2. The highest BCUT2D eigenvalue weighted by Crippen LogP contribution is 2.23. The number of aliphatic imine (C=N–C) groups is 1. The lowest BCUT2D eigenvalue weighted by atomic mass is 10.2. The zero-order valence-electron chi connectivity index (χ0n) is 15.3. The first-order valence-corrected chi connectivity index (χ1v) is 8.61. The molecule has 5 nitrogen and oxygen atoms in total. The second-order valence-corrected chi connectivity index (χ2v) is 6.01. The Balaban J connectivity index is 0.00000243. The van der Waals surface area contributed by atoms with Crippen LogP contribution < -0.4 is 10.6 Å².